The van der Waals surface area contributed by atoms with Gasteiger partial charge in [-0.2, -0.15) is 0 Å². The zero-order chi connectivity index (χ0) is 20.1. The molecular weight excluding hydrogens is 352 g/mol. The lowest BCUT2D eigenvalue weighted by atomic mass is 9.85. The average molecular weight is 378 g/mol. The van der Waals surface area contributed by atoms with E-state index in [9.17, 15) is 19.8 Å². The molecule has 0 saturated carbocycles. The maximum Gasteiger partial charge on any atom is 0.336 e. The van der Waals surface area contributed by atoms with Crippen LogP contribution in [-0.2, 0) is 19.1 Å². The van der Waals surface area contributed by atoms with E-state index in [4.69, 9.17) is 14.6 Å². The Labute approximate surface area is 158 Å². The molecule has 27 heavy (non-hydrogen) atoms. The molecule has 0 unspecified atom stereocenters. The predicted molar refractivity (Wildman–Crippen MR) is 97.4 cm³/mol. The van der Waals surface area contributed by atoms with Crippen molar-refractivity contribution < 1.29 is 34.4 Å². The highest BCUT2D eigenvalue weighted by molar-refractivity contribution is 5.92. The predicted octanol–water partition coefficient (Wildman–Crippen LogP) is 0.954. The van der Waals surface area contributed by atoms with Gasteiger partial charge in [-0.1, -0.05) is 24.8 Å². The van der Waals surface area contributed by atoms with Crippen LogP contribution in [0.4, 0.5) is 0 Å². The molecule has 0 spiro atoms. The van der Waals surface area contributed by atoms with Crippen molar-refractivity contribution in [3.63, 3.8) is 0 Å². The largest absolute Gasteiger partial charge is 0.458 e. The summed E-state index contributed by atoms with van der Waals surface area (Å²) < 4.78 is 10.9. The maximum atomic E-state index is 12.3. The minimum absolute atomic E-state index is 0.163. The summed E-state index contributed by atoms with van der Waals surface area (Å²) >= 11 is 0. The van der Waals surface area contributed by atoms with Gasteiger partial charge in [0, 0.05) is 12.0 Å². The van der Waals surface area contributed by atoms with Gasteiger partial charge in [-0.25, -0.2) is 9.59 Å². The van der Waals surface area contributed by atoms with Crippen LogP contribution in [0.5, 0.6) is 0 Å². The quantitative estimate of drug-likeness (QED) is 0.371. The Balaban J connectivity index is 2.36. The molecule has 7 heteroatoms. The summed E-state index contributed by atoms with van der Waals surface area (Å²) in [4.78, 5) is 24.4. The topological polar surface area (TPSA) is 113 Å². The number of ether oxygens (including phenoxy) is 2. The van der Waals surface area contributed by atoms with Crippen LogP contribution in [0, 0.1) is 5.92 Å². The van der Waals surface area contributed by atoms with Crippen LogP contribution >= 0.6 is 0 Å². The molecule has 0 aromatic heterocycles. The molecule has 1 heterocycles. The molecule has 1 aliphatic heterocycles. The van der Waals surface area contributed by atoms with Gasteiger partial charge < -0.3 is 24.8 Å². The van der Waals surface area contributed by atoms with E-state index < -0.39 is 42.8 Å². The fourth-order valence-corrected chi connectivity index (χ4v) is 3.23. The molecule has 1 saturated heterocycles. The molecule has 2 aliphatic rings. The molecule has 1 aliphatic carbocycles. The fourth-order valence-electron chi connectivity index (χ4n) is 3.23. The Bertz CT molecular complexity index is 688. The number of aliphatic hydroxyl groups excluding tert-OH is 3. The molecule has 148 valence electrons. The fraction of sp³-hybridized carbons (Fsp3) is 0.500. The third kappa shape index (κ3) is 4.94. The van der Waals surface area contributed by atoms with Crippen LogP contribution in [0.25, 0.3) is 0 Å². The van der Waals surface area contributed by atoms with Gasteiger partial charge in [0.1, 0.15) is 18.3 Å². The third-order valence-corrected chi connectivity index (χ3v) is 4.84. The smallest absolute Gasteiger partial charge is 0.336 e. The molecule has 2 rings (SSSR count). The Morgan fingerprint density at radius 1 is 1.44 bits per heavy atom. The lowest BCUT2D eigenvalue weighted by molar-refractivity contribution is -0.148. The van der Waals surface area contributed by atoms with Gasteiger partial charge in [0.15, 0.2) is 0 Å². The van der Waals surface area contributed by atoms with Crippen LogP contribution in [0.15, 0.2) is 47.6 Å². The summed E-state index contributed by atoms with van der Waals surface area (Å²) in [6.45, 7) is 8.32. The van der Waals surface area contributed by atoms with Crippen molar-refractivity contribution in [3.05, 3.63) is 47.6 Å². The summed E-state index contributed by atoms with van der Waals surface area (Å²) in [5.74, 6) is -2.05. The van der Waals surface area contributed by atoms with Crippen LogP contribution < -0.4 is 0 Å². The SMILES string of the molecule is C=C1C(=O)O[C@@H]2C=C(CO)CCC=C(C)C[C@H](OC(=O)C(=C)[C@@H](O)CO)[C@@H]12. The van der Waals surface area contributed by atoms with Crippen molar-refractivity contribution in [2.24, 2.45) is 5.92 Å². The standard InChI is InChI=1S/C20H26O7/c1-11-5-4-6-14(9-21)8-17-18(13(3)20(25)27-17)16(7-11)26-19(24)12(2)15(23)10-22/h5,8,15-18,21-23H,2-4,6-7,9-10H2,1H3/t15-,16-,17+,18+/m0/s1. The average Bonchev–Trinajstić information content (AvgIpc) is 2.92. The molecule has 0 bridgehead atoms. The summed E-state index contributed by atoms with van der Waals surface area (Å²) in [7, 11) is 0. The summed E-state index contributed by atoms with van der Waals surface area (Å²) in [6.07, 6.45) is 2.46. The molecule has 0 aromatic rings. The van der Waals surface area contributed by atoms with Crippen LogP contribution in [-0.4, -0.2) is 58.8 Å². The van der Waals surface area contributed by atoms with Gasteiger partial charge in [-0.3, -0.25) is 0 Å². The number of fused-ring (bicyclic) bond motifs is 1. The third-order valence-electron chi connectivity index (χ3n) is 4.84. The van der Waals surface area contributed by atoms with E-state index >= 15 is 0 Å². The number of hydrogen-bond acceptors (Lipinski definition) is 7. The second kappa shape index (κ2) is 9.12. The number of carbonyl (C=O) groups is 2. The van der Waals surface area contributed by atoms with E-state index in [1.807, 2.05) is 13.0 Å². The first-order chi connectivity index (χ1) is 12.8. The Morgan fingerprint density at radius 3 is 2.78 bits per heavy atom. The van der Waals surface area contributed by atoms with Crippen LogP contribution in [0.3, 0.4) is 0 Å². The number of hydrogen-bond donors (Lipinski definition) is 3. The number of rotatable bonds is 5. The molecule has 0 radical (unpaired) electrons. The highest BCUT2D eigenvalue weighted by Gasteiger charge is 2.44. The zero-order valence-corrected chi connectivity index (χ0v) is 15.4. The minimum atomic E-state index is -1.42. The highest BCUT2D eigenvalue weighted by Crippen LogP contribution is 2.36. The first-order valence-electron chi connectivity index (χ1n) is 8.83. The first kappa shape index (κ1) is 21.1. The molecule has 4 atom stereocenters. The van der Waals surface area contributed by atoms with Gasteiger partial charge in [-0.15, -0.1) is 0 Å². The van der Waals surface area contributed by atoms with E-state index in [0.717, 1.165) is 11.1 Å². The van der Waals surface area contributed by atoms with Crippen molar-refractivity contribution in [3.8, 4) is 0 Å². The molecule has 0 aromatic carbocycles. The molecule has 1 fully saturated rings. The second-order valence-corrected chi connectivity index (χ2v) is 6.86. The summed E-state index contributed by atoms with van der Waals surface area (Å²) in [6, 6.07) is 0. The number of esters is 2. The van der Waals surface area contributed by atoms with Crippen molar-refractivity contribution in [1.29, 1.82) is 0 Å². The first-order valence-corrected chi connectivity index (χ1v) is 8.83. The van der Waals surface area contributed by atoms with Crippen molar-refractivity contribution in [1.82, 2.24) is 0 Å². The van der Waals surface area contributed by atoms with E-state index in [1.54, 1.807) is 6.08 Å². The lowest BCUT2D eigenvalue weighted by Crippen LogP contribution is -2.35. The zero-order valence-electron chi connectivity index (χ0n) is 15.4. The maximum absolute atomic E-state index is 12.3. The van der Waals surface area contributed by atoms with Gasteiger partial charge in [0.25, 0.3) is 0 Å². The van der Waals surface area contributed by atoms with Gasteiger partial charge >= 0.3 is 11.9 Å². The minimum Gasteiger partial charge on any atom is -0.458 e. The Kier molecular flexibility index (Phi) is 7.12. The van der Waals surface area contributed by atoms with E-state index in [1.165, 1.54) is 0 Å². The number of allylic oxidation sites excluding steroid dienone is 1. The van der Waals surface area contributed by atoms with Crippen molar-refractivity contribution >= 4 is 11.9 Å². The number of carbonyl (C=O) groups excluding carboxylic acids is 2. The molecular formula is C20H26O7. The van der Waals surface area contributed by atoms with Gasteiger partial charge in [0.05, 0.1) is 24.7 Å². The van der Waals surface area contributed by atoms with E-state index in [-0.39, 0.29) is 17.8 Å². The summed E-state index contributed by atoms with van der Waals surface area (Å²) in [5, 5.41) is 28.2. The molecule has 7 nitrogen and oxygen atoms in total. The molecule has 0 amide bonds. The Hall–Kier alpha value is -2.22. The molecule has 3 N–H and O–H groups in total. The monoisotopic (exact) mass is 378 g/mol. The van der Waals surface area contributed by atoms with Gasteiger partial charge in [-0.05, 0) is 31.4 Å². The van der Waals surface area contributed by atoms with E-state index in [2.05, 4.69) is 13.2 Å². The highest BCUT2D eigenvalue weighted by atomic mass is 16.6. The van der Waals surface area contributed by atoms with E-state index in [0.29, 0.717) is 19.3 Å². The Morgan fingerprint density at radius 2 is 2.15 bits per heavy atom. The summed E-state index contributed by atoms with van der Waals surface area (Å²) in [5.41, 5.74) is 1.60. The van der Waals surface area contributed by atoms with Crippen molar-refractivity contribution in [2.45, 2.75) is 44.5 Å². The van der Waals surface area contributed by atoms with Crippen LogP contribution in [0.2, 0.25) is 0 Å². The van der Waals surface area contributed by atoms with Gasteiger partial charge in [0.2, 0.25) is 0 Å². The number of aliphatic hydroxyl groups is 3. The lowest BCUT2D eigenvalue weighted by Gasteiger charge is -2.28. The van der Waals surface area contributed by atoms with Crippen molar-refractivity contribution in [2.75, 3.05) is 13.2 Å². The van der Waals surface area contributed by atoms with Crippen LogP contribution in [0.1, 0.15) is 26.2 Å². The normalized spacial score (nSPS) is 27.0. The second-order valence-electron chi connectivity index (χ2n) is 6.86.